The highest BCUT2D eigenvalue weighted by molar-refractivity contribution is 6.28. The molecule has 0 saturated heterocycles. The summed E-state index contributed by atoms with van der Waals surface area (Å²) in [6.45, 7) is 4.02. The predicted octanol–water partition coefficient (Wildman–Crippen LogP) is 3.21. The van der Waals surface area contributed by atoms with Crippen LogP contribution in [-0.4, -0.2) is 31.2 Å². The Morgan fingerprint density at radius 1 is 1.22 bits per heavy atom. The molecule has 6 nitrogen and oxygen atoms in total. The first-order chi connectivity index (χ1) is 11.1. The number of aromatic nitrogens is 4. The van der Waals surface area contributed by atoms with E-state index >= 15 is 0 Å². The zero-order valence-electron chi connectivity index (χ0n) is 12.9. The van der Waals surface area contributed by atoms with Gasteiger partial charge in [0.2, 0.25) is 5.28 Å². The second-order valence-corrected chi connectivity index (χ2v) is 5.89. The summed E-state index contributed by atoms with van der Waals surface area (Å²) in [6.07, 6.45) is 1.72. The van der Waals surface area contributed by atoms with Crippen molar-refractivity contribution in [2.45, 2.75) is 25.9 Å². The number of benzene rings is 1. The minimum absolute atomic E-state index is 0.0714. The number of hydrogen-bond acceptors (Lipinski definition) is 5. The molecule has 2 heterocycles. The molecule has 0 radical (unpaired) electrons. The SMILES string of the molecule is CC(C)n1cnc2c(N[C@H](CO)c3ccccc3)nc(Cl)nc21. The van der Waals surface area contributed by atoms with Crippen molar-refractivity contribution >= 4 is 28.6 Å². The monoisotopic (exact) mass is 331 g/mol. The molecule has 23 heavy (non-hydrogen) atoms. The lowest BCUT2D eigenvalue weighted by molar-refractivity contribution is 0.276. The molecule has 0 aliphatic rings. The van der Waals surface area contributed by atoms with Gasteiger partial charge in [-0.05, 0) is 31.0 Å². The topological polar surface area (TPSA) is 75.9 Å². The van der Waals surface area contributed by atoms with Gasteiger partial charge in [0.15, 0.2) is 17.0 Å². The van der Waals surface area contributed by atoms with E-state index in [1.54, 1.807) is 6.33 Å². The van der Waals surface area contributed by atoms with Crippen LogP contribution in [0.5, 0.6) is 0 Å². The normalized spacial score (nSPS) is 12.7. The van der Waals surface area contributed by atoms with Crippen LogP contribution in [0.25, 0.3) is 11.2 Å². The predicted molar refractivity (Wildman–Crippen MR) is 90.6 cm³/mol. The van der Waals surface area contributed by atoms with E-state index in [4.69, 9.17) is 11.6 Å². The van der Waals surface area contributed by atoms with Gasteiger partial charge in [-0.25, -0.2) is 4.98 Å². The summed E-state index contributed by atoms with van der Waals surface area (Å²) in [4.78, 5) is 12.9. The van der Waals surface area contributed by atoms with Gasteiger partial charge in [-0.3, -0.25) is 0 Å². The Hall–Kier alpha value is -2.18. The molecule has 0 aliphatic carbocycles. The molecule has 0 aliphatic heterocycles. The third-order valence-electron chi connectivity index (χ3n) is 3.65. The number of aliphatic hydroxyl groups is 1. The fourth-order valence-corrected chi connectivity index (χ4v) is 2.62. The summed E-state index contributed by atoms with van der Waals surface area (Å²) in [7, 11) is 0. The molecule has 2 N–H and O–H groups in total. The first kappa shape index (κ1) is 15.7. The lowest BCUT2D eigenvalue weighted by atomic mass is 10.1. The summed E-state index contributed by atoms with van der Waals surface area (Å²) in [5.74, 6) is 0.516. The van der Waals surface area contributed by atoms with Crippen molar-refractivity contribution in [1.29, 1.82) is 0 Å². The van der Waals surface area contributed by atoms with Crippen LogP contribution < -0.4 is 5.32 Å². The molecule has 120 valence electrons. The van der Waals surface area contributed by atoms with Crippen LogP contribution in [0.15, 0.2) is 36.7 Å². The van der Waals surface area contributed by atoms with Crippen LogP contribution in [-0.2, 0) is 0 Å². The first-order valence-electron chi connectivity index (χ1n) is 7.42. The maximum Gasteiger partial charge on any atom is 0.226 e. The van der Waals surface area contributed by atoms with E-state index in [0.29, 0.717) is 17.0 Å². The van der Waals surface area contributed by atoms with Gasteiger partial charge in [0.25, 0.3) is 0 Å². The molecule has 0 amide bonds. The maximum atomic E-state index is 9.71. The second kappa shape index (κ2) is 6.52. The van der Waals surface area contributed by atoms with Crippen LogP contribution in [0.3, 0.4) is 0 Å². The number of imidazole rings is 1. The van der Waals surface area contributed by atoms with Gasteiger partial charge in [0.05, 0.1) is 19.0 Å². The molecule has 1 atom stereocenters. The van der Waals surface area contributed by atoms with Gasteiger partial charge < -0.3 is 15.0 Å². The van der Waals surface area contributed by atoms with Crippen molar-refractivity contribution < 1.29 is 5.11 Å². The molecular weight excluding hydrogens is 314 g/mol. The van der Waals surface area contributed by atoms with Crippen LogP contribution in [0.4, 0.5) is 5.82 Å². The summed E-state index contributed by atoms with van der Waals surface area (Å²) in [5, 5.41) is 13.1. The third-order valence-corrected chi connectivity index (χ3v) is 3.81. The molecule has 3 rings (SSSR count). The minimum atomic E-state index is -0.297. The molecule has 2 aromatic heterocycles. The molecule has 0 fully saturated rings. The average Bonchev–Trinajstić information content (AvgIpc) is 2.97. The third kappa shape index (κ3) is 3.13. The number of nitrogens with one attached hydrogen (secondary N) is 1. The maximum absolute atomic E-state index is 9.71. The highest BCUT2D eigenvalue weighted by Crippen LogP contribution is 2.26. The van der Waals surface area contributed by atoms with E-state index in [9.17, 15) is 5.11 Å². The van der Waals surface area contributed by atoms with Crippen molar-refractivity contribution in [2.75, 3.05) is 11.9 Å². The van der Waals surface area contributed by atoms with Crippen molar-refractivity contribution in [3.63, 3.8) is 0 Å². The van der Waals surface area contributed by atoms with Crippen molar-refractivity contribution in [3.8, 4) is 0 Å². The van der Waals surface area contributed by atoms with Crippen molar-refractivity contribution in [3.05, 3.63) is 47.5 Å². The average molecular weight is 332 g/mol. The van der Waals surface area contributed by atoms with E-state index in [-0.39, 0.29) is 24.0 Å². The minimum Gasteiger partial charge on any atom is -0.394 e. The zero-order valence-corrected chi connectivity index (χ0v) is 13.7. The first-order valence-corrected chi connectivity index (χ1v) is 7.80. The fraction of sp³-hybridized carbons (Fsp3) is 0.312. The molecule has 0 unspecified atom stereocenters. The lowest BCUT2D eigenvalue weighted by Gasteiger charge is -2.17. The van der Waals surface area contributed by atoms with E-state index in [1.807, 2.05) is 48.7 Å². The van der Waals surface area contributed by atoms with Gasteiger partial charge in [-0.2, -0.15) is 9.97 Å². The highest BCUT2D eigenvalue weighted by atomic mass is 35.5. The largest absolute Gasteiger partial charge is 0.394 e. The molecule has 0 bridgehead atoms. The Labute approximate surface area is 139 Å². The number of hydrogen-bond donors (Lipinski definition) is 2. The number of fused-ring (bicyclic) bond motifs is 1. The van der Waals surface area contributed by atoms with Gasteiger partial charge in [0, 0.05) is 6.04 Å². The molecular formula is C16H18ClN5O. The van der Waals surface area contributed by atoms with Gasteiger partial charge in [-0.15, -0.1) is 0 Å². The number of anilines is 1. The van der Waals surface area contributed by atoms with Crippen LogP contribution in [0.2, 0.25) is 5.28 Å². The van der Waals surface area contributed by atoms with E-state index in [1.165, 1.54) is 0 Å². The Morgan fingerprint density at radius 3 is 2.61 bits per heavy atom. The quantitative estimate of drug-likeness (QED) is 0.702. The van der Waals surface area contributed by atoms with Crippen molar-refractivity contribution in [2.24, 2.45) is 0 Å². The van der Waals surface area contributed by atoms with E-state index in [2.05, 4.69) is 20.3 Å². The van der Waals surface area contributed by atoms with Gasteiger partial charge in [0.1, 0.15) is 0 Å². The van der Waals surface area contributed by atoms with E-state index < -0.39 is 0 Å². The summed E-state index contributed by atoms with van der Waals surface area (Å²) >= 11 is 6.06. The summed E-state index contributed by atoms with van der Waals surface area (Å²) < 4.78 is 1.94. The van der Waals surface area contributed by atoms with Crippen LogP contribution in [0.1, 0.15) is 31.5 Å². The fourth-order valence-electron chi connectivity index (χ4n) is 2.45. The van der Waals surface area contributed by atoms with Crippen LogP contribution in [0, 0.1) is 0 Å². The summed E-state index contributed by atoms with van der Waals surface area (Å²) in [5.41, 5.74) is 2.27. The van der Waals surface area contributed by atoms with Gasteiger partial charge in [-0.1, -0.05) is 30.3 Å². The Bertz CT molecular complexity index is 803. The smallest absolute Gasteiger partial charge is 0.226 e. The van der Waals surface area contributed by atoms with E-state index in [0.717, 1.165) is 5.56 Å². The Kier molecular flexibility index (Phi) is 4.45. The zero-order chi connectivity index (χ0) is 16.4. The second-order valence-electron chi connectivity index (χ2n) is 5.55. The van der Waals surface area contributed by atoms with Crippen LogP contribution >= 0.6 is 11.6 Å². The van der Waals surface area contributed by atoms with Gasteiger partial charge >= 0.3 is 0 Å². The summed E-state index contributed by atoms with van der Waals surface area (Å²) in [6, 6.07) is 9.59. The molecule has 0 saturated carbocycles. The molecule has 0 spiro atoms. The lowest BCUT2D eigenvalue weighted by Crippen LogP contribution is -2.16. The Morgan fingerprint density at radius 2 is 1.96 bits per heavy atom. The Balaban J connectivity index is 2.02. The van der Waals surface area contributed by atoms with Crippen molar-refractivity contribution in [1.82, 2.24) is 19.5 Å². The molecule has 3 aromatic rings. The molecule has 7 heteroatoms. The number of rotatable bonds is 5. The molecule has 1 aromatic carbocycles. The number of nitrogens with zero attached hydrogens (tertiary/aromatic N) is 4. The number of halogens is 1. The number of aliphatic hydroxyl groups excluding tert-OH is 1. The standard InChI is InChI=1S/C16H18ClN5O/c1-10(2)22-9-18-13-14(20-16(17)21-15(13)22)19-12(8-23)11-6-4-3-5-7-11/h3-7,9-10,12,23H,8H2,1-2H3,(H,19,20,21)/t12-/m1/s1. The highest BCUT2D eigenvalue weighted by Gasteiger charge is 2.17.